The maximum absolute atomic E-state index is 9.91. The van der Waals surface area contributed by atoms with Gasteiger partial charge in [0, 0.05) is 0 Å². The van der Waals surface area contributed by atoms with E-state index < -0.39 is 6.16 Å². The molecule has 0 rings (SSSR count). The first kappa shape index (κ1) is 7.11. The Morgan fingerprint density at radius 3 is 1.88 bits per heavy atom. The Bertz CT molecular complexity index is 65.7. The highest BCUT2D eigenvalue weighted by atomic mass is 16.9. The van der Waals surface area contributed by atoms with Crippen LogP contribution in [0.15, 0.2) is 0 Å². The van der Waals surface area contributed by atoms with Crippen LogP contribution in [0.25, 0.3) is 0 Å². The van der Waals surface area contributed by atoms with Crippen molar-refractivity contribution in [3.63, 3.8) is 0 Å². The van der Waals surface area contributed by atoms with Crippen molar-refractivity contribution >= 4 is 6.16 Å². The number of carbonyl (C=O) groups excluding carboxylic acids is 1. The molecule has 0 radical (unpaired) electrons. The van der Waals surface area contributed by atoms with Gasteiger partial charge in [0.15, 0.2) is 0 Å². The number of nitrogens with two attached hydrogens (primary N) is 2. The van der Waals surface area contributed by atoms with Gasteiger partial charge >= 0.3 is 6.16 Å². The molecule has 0 aliphatic carbocycles. The van der Waals surface area contributed by atoms with E-state index in [4.69, 9.17) is 0 Å². The minimum Gasteiger partial charge on any atom is -0.322 e. The van der Waals surface area contributed by atoms with Crippen molar-refractivity contribution in [2.24, 2.45) is 11.7 Å². The third-order valence-electron chi connectivity index (χ3n) is 0.285. The van der Waals surface area contributed by atoms with Crippen molar-refractivity contribution < 1.29 is 14.5 Å². The zero-order chi connectivity index (χ0) is 6.41. The van der Waals surface area contributed by atoms with E-state index in [1.807, 2.05) is 0 Å². The summed E-state index contributed by atoms with van der Waals surface area (Å²) in [5.41, 5.74) is 3.16. The first-order valence-electron chi connectivity index (χ1n) is 1.60. The molecule has 0 aromatic heterocycles. The van der Waals surface area contributed by atoms with E-state index in [9.17, 15) is 4.79 Å². The van der Waals surface area contributed by atoms with E-state index in [0.29, 0.717) is 0 Å². The van der Waals surface area contributed by atoms with Crippen molar-refractivity contribution in [3.05, 3.63) is 0 Å². The second kappa shape index (κ2) is 4.27. The normalized spacial score (nSPS) is 8.25. The van der Waals surface area contributed by atoms with E-state index in [2.05, 4.69) is 21.4 Å². The zero-order valence-electron chi connectivity index (χ0n) is 3.88. The van der Waals surface area contributed by atoms with Gasteiger partial charge in [0.1, 0.15) is 0 Å². The molecule has 0 fully saturated rings. The fraction of sp³-hybridized carbons (Fsp3) is 0. The first-order chi connectivity index (χ1) is 3.81. The Balaban J connectivity index is 3.06. The predicted octanol–water partition coefficient (Wildman–Crippen LogP) is -2.10. The molecule has 8 heavy (non-hydrogen) atoms. The monoisotopic (exact) mass is 122 g/mol. The smallest absolute Gasteiger partial charge is 0.322 e. The molecule has 0 aromatic rings. The summed E-state index contributed by atoms with van der Waals surface area (Å²) in [7, 11) is 0. The predicted molar refractivity (Wildman–Crippen MR) is 22.2 cm³/mol. The molecule has 7 nitrogen and oxygen atoms in total. The number of rotatable bonds is 2. The van der Waals surface area contributed by atoms with Crippen LogP contribution >= 0.6 is 0 Å². The molecule has 0 aliphatic heterocycles. The molecule has 0 aromatic carbocycles. The van der Waals surface area contributed by atoms with E-state index in [1.165, 1.54) is 0 Å². The molecule has 0 saturated heterocycles. The number of hydrogen-bond donors (Lipinski definition) is 4. The summed E-state index contributed by atoms with van der Waals surface area (Å²) < 4.78 is 0. The molecular formula is CH6N4O3. The fourth-order valence-electron chi connectivity index (χ4n) is 0.117. The highest BCUT2D eigenvalue weighted by Crippen LogP contribution is 1.70. The zero-order valence-corrected chi connectivity index (χ0v) is 3.88. The molecule has 0 saturated carbocycles. The molecule has 7 heteroatoms. The van der Waals surface area contributed by atoms with Crippen LogP contribution in [0, 0.1) is 0 Å². The maximum atomic E-state index is 9.91. The summed E-state index contributed by atoms with van der Waals surface area (Å²) in [6, 6.07) is 0. The number of hydrogen-bond acceptors (Lipinski definition) is 7. The van der Waals surface area contributed by atoms with Crippen molar-refractivity contribution in [2.45, 2.75) is 0 Å². The molecule has 6 N–H and O–H groups in total. The summed E-state index contributed by atoms with van der Waals surface area (Å²) in [6.45, 7) is 0. The molecule has 0 bridgehead atoms. The van der Waals surface area contributed by atoms with Crippen LogP contribution in [0.4, 0.5) is 4.79 Å². The van der Waals surface area contributed by atoms with E-state index in [-0.39, 0.29) is 0 Å². The van der Waals surface area contributed by atoms with Crippen LogP contribution in [-0.4, -0.2) is 6.16 Å². The van der Waals surface area contributed by atoms with Gasteiger partial charge in [-0.3, -0.25) is 0 Å². The van der Waals surface area contributed by atoms with Gasteiger partial charge in [0.05, 0.1) is 0 Å². The van der Waals surface area contributed by atoms with Gasteiger partial charge in [-0.05, 0) is 0 Å². The average Bonchev–Trinajstić information content (AvgIpc) is 1.68. The highest BCUT2D eigenvalue weighted by molar-refractivity contribution is 5.58. The summed E-state index contributed by atoms with van der Waals surface area (Å²) in [5.74, 6) is 9.04. The minimum atomic E-state index is -1.06. The second-order valence-electron chi connectivity index (χ2n) is 0.690. The molecule has 0 unspecified atom stereocenters. The van der Waals surface area contributed by atoms with Crippen LogP contribution in [0.5, 0.6) is 0 Å². The summed E-state index contributed by atoms with van der Waals surface area (Å²) in [5, 5.41) is 0. The molecule has 0 aliphatic rings. The Labute approximate surface area is 44.8 Å². The quantitative estimate of drug-likeness (QED) is 0.245. The van der Waals surface area contributed by atoms with Gasteiger partial charge in [0.25, 0.3) is 0 Å². The average molecular weight is 122 g/mol. The van der Waals surface area contributed by atoms with E-state index in [0.717, 1.165) is 0 Å². The Morgan fingerprint density at radius 1 is 1.25 bits per heavy atom. The molecule has 48 valence electrons. The summed E-state index contributed by atoms with van der Waals surface area (Å²) in [6.07, 6.45) is -1.06. The van der Waals surface area contributed by atoms with Gasteiger partial charge in [-0.25, -0.2) is 11.7 Å². The topological polar surface area (TPSA) is 112 Å². The highest BCUT2D eigenvalue weighted by Gasteiger charge is 1.98. The Morgan fingerprint density at radius 2 is 1.62 bits per heavy atom. The lowest BCUT2D eigenvalue weighted by molar-refractivity contribution is -0.0138. The number of hydrazine groups is 2. The standard InChI is InChI=1S/CH6N4O3/c2-4-7-1(6)8-5-3/h4-5H,2-3H2. The van der Waals surface area contributed by atoms with Gasteiger partial charge < -0.3 is 9.68 Å². The van der Waals surface area contributed by atoms with Crippen molar-refractivity contribution in [1.29, 1.82) is 0 Å². The number of carbonyl (C=O) groups is 1. The van der Waals surface area contributed by atoms with Gasteiger partial charge in [-0.1, -0.05) is 11.2 Å². The van der Waals surface area contributed by atoms with E-state index in [1.54, 1.807) is 11.2 Å². The Hall–Kier alpha value is -0.890. The molecule has 0 amide bonds. The van der Waals surface area contributed by atoms with Gasteiger partial charge in [0.2, 0.25) is 0 Å². The molecule has 0 spiro atoms. The van der Waals surface area contributed by atoms with Crippen molar-refractivity contribution in [3.8, 4) is 0 Å². The van der Waals surface area contributed by atoms with E-state index >= 15 is 0 Å². The van der Waals surface area contributed by atoms with Crippen molar-refractivity contribution in [2.75, 3.05) is 0 Å². The molecular weight excluding hydrogens is 116 g/mol. The lowest BCUT2D eigenvalue weighted by Gasteiger charge is -1.97. The third-order valence-corrected chi connectivity index (χ3v) is 0.285. The maximum Gasteiger partial charge on any atom is 0.549 e. The van der Waals surface area contributed by atoms with Crippen LogP contribution in [0.2, 0.25) is 0 Å². The summed E-state index contributed by atoms with van der Waals surface area (Å²) >= 11 is 0. The lowest BCUT2D eigenvalue weighted by atomic mass is 11.4. The summed E-state index contributed by atoms with van der Waals surface area (Å²) in [4.78, 5) is 17.5. The minimum absolute atomic E-state index is 1.06. The van der Waals surface area contributed by atoms with Crippen LogP contribution in [0.1, 0.15) is 0 Å². The molecule has 0 atom stereocenters. The lowest BCUT2D eigenvalue weighted by Crippen LogP contribution is -2.32. The fourth-order valence-corrected chi connectivity index (χ4v) is 0.117. The second-order valence-corrected chi connectivity index (χ2v) is 0.690. The van der Waals surface area contributed by atoms with Crippen LogP contribution < -0.4 is 22.9 Å². The van der Waals surface area contributed by atoms with Gasteiger partial charge in [-0.2, -0.15) is 4.79 Å². The van der Waals surface area contributed by atoms with Gasteiger partial charge in [-0.15, -0.1) is 0 Å². The Kier molecular flexibility index (Phi) is 3.80. The number of nitrogens with one attached hydrogen (secondary N) is 2. The third kappa shape index (κ3) is 3.31. The first-order valence-corrected chi connectivity index (χ1v) is 1.60. The van der Waals surface area contributed by atoms with Crippen molar-refractivity contribution in [1.82, 2.24) is 11.2 Å². The van der Waals surface area contributed by atoms with Crippen LogP contribution in [-0.2, 0) is 9.68 Å². The SMILES string of the molecule is NNOC(=O)ONN. The largest absolute Gasteiger partial charge is 0.549 e. The van der Waals surface area contributed by atoms with Crippen LogP contribution in [0.3, 0.4) is 0 Å². The molecule has 0 heterocycles.